The topological polar surface area (TPSA) is 187 Å². The van der Waals surface area contributed by atoms with Crippen LogP contribution in [0.1, 0.15) is 13.8 Å². The smallest absolute Gasteiger partial charge is 0.402 e. The largest absolute Gasteiger partial charge is 0.633 e. The Hall–Kier alpha value is -1.69. The van der Waals surface area contributed by atoms with Crippen molar-refractivity contribution in [2.75, 3.05) is 30.4 Å². The Kier molecular flexibility index (Phi) is 7.00. The second kappa shape index (κ2) is 7.68. The van der Waals surface area contributed by atoms with E-state index in [1.807, 2.05) is 0 Å². The van der Waals surface area contributed by atoms with Gasteiger partial charge < -0.3 is 37.0 Å². The van der Waals surface area contributed by atoms with Gasteiger partial charge in [-0.25, -0.2) is 0 Å². The molecular weight excluding hydrogens is 255 g/mol. The second-order valence-corrected chi connectivity index (χ2v) is 4.37. The molecule has 0 aliphatic rings. The Morgan fingerprint density at radius 3 is 1.68 bits per heavy atom. The number of aliphatic hydroxyl groups is 1. The van der Waals surface area contributed by atoms with Crippen molar-refractivity contribution < 1.29 is 19.8 Å². The van der Waals surface area contributed by atoms with Crippen LogP contribution in [0, 0.1) is 5.41 Å². The molecule has 0 saturated carbocycles. The van der Waals surface area contributed by atoms with Crippen LogP contribution in [0.25, 0.3) is 0 Å². The van der Waals surface area contributed by atoms with Crippen LogP contribution in [0.3, 0.4) is 0 Å². The molecule has 0 unspecified atom stereocenters. The van der Waals surface area contributed by atoms with Gasteiger partial charge in [0.05, 0.1) is 6.61 Å². The van der Waals surface area contributed by atoms with Gasteiger partial charge in [0.2, 0.25) is 17.8 Å². The molecule has 19 heavy (non-hydrogen) atoms. The third kappa shape index (κ3) is 8.96. The van der Waals surface area contributed by atoms with Crippen LogP contribution in [0.15, 0.2) is 0 Å². The normalized spacial score (nSPS) is 10.6. The van der Waals surface area contributed by atoms with Crippen molar-refractivity contribution >= 4 is 25.2 Å². The van der Waals surface area contributed by atoms with Crippen molar-refractivity contribution in [1.29, 1.82) is 0 Å². The monoisotopic (exact) mass is 274 g/mol. The van der Waals surface area contributed by atoms with Crippen LogP contribution < -0.4 is 17.2 Å². The summed E-state index contributed by atoms with van der Waals surface area (Å²) in [6.07, 6.45) is 0. The lowest BCUT2D eigenvalue weighted by Gasteiger charge is -2.20. The van der Waals surface area contributed by atoms with Gasteiger partial charge in [-0.1, -0.05) is 13.8 Å². The number of nitrogens with two attached hydrogens (primary N) is 3. The molecule has 1 aromatic heterocycles. The molecule has 0 spiro atoms. The molecule has 0 radical (unpaired) electrons. The molecule has 9 N–H and O–H groups in total. The van der Waals surface area contributed by atoms with Gasteiger partial charge in [0.15, 0.2) is 0 Å². The van der Waals surface area contributed by atoms with Crippen molar-refractivity contribution in [2.45, 2.75) is 13.8 Å². The minimum absolute atomic E-state index is 0.0417. The molecule has 10 nitrogen and oxygen atoms in total. The number of hydrogen-bond acceptors (Lipinski definition) is 10. The van der Waals surface area contributed by atoms with Crippen LogP contribution in [0.2, 0.25) is 0 Å². The number of aliphatic hydroxyl groups excluding tert-OH is 1. The maximum atomic E-state index is 8.66. The van der Waals surface area contributed by atoms with E-state index in [-0.39, 0.29) is 31.1 Å². The van der Waals surface area contributed by atoms with Crippen molar-refractivity contribution in [3.63, 3.8) is 0 Å². The maximum Gasteiger partial charge on any atom is 0.633 e. The molecule has 1 rings (SSSR count). The lowest BCUT2D eigenvalue weighted by molar-refractivity contribution is 0.0687. The number of aromatic nitrogens is 3. The van der Waals surface area contributed by atoms with E-state index in [4.69, 9.17) is 32.4 Å². The quantitative estimate of drug-likeness (QED) is 0.323. The van der Waals surface area contributed by atoms with E-state index in [1.54, 1.807) is 13.8 Å². The van der Waals surface area contributed by atoms with Crippen LogP contribution in [-0.4, -0.2) is 50.6 Å². The first kappa shape index (κ1) is 17.3. The first-order valence-corrected chi connectivity index (χ1v) is 5.27. The average molecular weight is 274 g/mol. The van der Waals surface area contributed by atoms with Gasteiger partial charge in [-0.2, -0.15) is 15.0 Å². The summed E-state index contributed by atoms with van der Waals surface area (Å²) < 4.78 is 4.45. The molecule has 1 heterocycles. The molecule has 11 heteroatoms. The molecular formula is C8H19BN6O4. The molecule has 0 bridgehead atoms. The summed E-state index contributed by atoms with van der Waals surface area (Å²) in [5.41, 5.74) is 15.0. The number of rotatable bonds is 4. The third-order valence-electron chi connectivity index (χ3n) is 1.74. The van der Waals surface area contributed by atoms with Gasteiger partial charge in [-0.05, 0) is 0 Å². The Balaban J connectivity index is 0.000000342. The molecule has 0 aliphatic carbocycles. The molecule has 0 aliphatic heterocycles. The highest BCUT2D eigenvalue weighted by atomic mass is 16.6. The molecule has 1 aromatic rings. The van der Waals surface area contributed by atoms with Crippen LogP contribution >= 0.6 is 0 Å². The van der Waals surface area contributed by atoms with E-state index in [0.29, 0.717) is 0 Å². The van der Waals surface area contributed by atoms with Crippen LogP contribution in [0.5, 0.6) is 0 Å². The van der Waals surface area contributed by atoms with Crippen molar-refractivity contribution in [1.82, 2.24) is 15.0 Å². The summed E-state index contributed by atoms with van der Waals surface area (Å²) >= 11 is 0. The maximum absolute atomic E-state index is 8.66. The molecule has 0 atom stereocenters. The van der Waals surface area contributed by atoms with Gasteiger partial charge >= 0.3 is 7.32 Å². The van der Waals surface area contributed by atoms with E-state index in [9.17, 15) is 0 Å². The van der Waals surface area contributed by atoms with Gasteiger partial charge in [0.1, 0.15) is 0 Å². The highest BCUT2D eigenvalue weighted by Gasteiger charge is 2.20. The zero-order chi connectivity index (χ0) is 15.1. The van der Waals surface area contributed by atoms with E-state index >= 15 is 0 Å². The fourth-order valence-corrected chi connectivity index (χ4v) is 0.773. The molecule has 108 valence electrons. The lowest BCUT2D eigenvalue weighted by atomic mass is 9.96. The van der Waals surface area contributed by atoms with Crippen LogP contribution in [0.4, 0.5) is 17.8 Å². The fraction of sp³-hybridized carbons (Fsp3) is 0.625. The average Bonchev–Trinajstić information content (AvgIpc) is 2.25. The fourth-order valence-electron chi connectivity index (χ4n) is 0.773. The van der Waals surface area contributed by atoms with E-state index < -0.39 is 12.7 Å². The summed E-state index contributed by atoms with van der Waals surface area (Å²) in [6.45, 7) is 3.60. The molecule has 0 saturated heterocycles. The lowest BCUT2D eigenvalue weighted by Crippen LogP contribution is -2.29. The standard InChI is InChI=1S/C5H13BO4.C3H6N6/c1-5(2,3-7)4-10-6(8)9;4-1-7-2(5)9-3(6)8-1/h7-9H,3-4H2,1-2H3;(H6,4,5,6,7,8,9). The van der Waals surface area contributed by atoms with E-state index in [0.717, 1.165) is 0 Å². The predicted molar refractivity (Wildman–Crippen MR) is 70.1 cm³/mol. The minimum atomic E-state index is -1.74. The van der Waals surface area contributed by atoms with Crippen LogP contribution in [-0.2, 0) is 4.65 Å². The third-order valence-corrected chi connectivity index (χ3v) is 1.74. The zero-order valence-corrected chi connectivity index (χ0v) is 10.8. The van der Waals surface area contributed by atoms with Gasteiger partial charge in [0.25, 0.3) is 0 Å². The van der Waals surface area contributed by atoms with E-state index in [1.165, 1.54) is 0 Å². The van der Waals surface area contributed by atoms with Gasteiger partial charge in [0, 0.05) is 12.0 Å². The van der Waals surface area contributed by atoms with Crippen molar-refractivity contribution in [3.8, 4) is 0 Å². The Morgan fingerprint density at radius 2 is 1.42 bits per heavy atom. The molecule has 0 amide bonds. The molecule has 0 aromatic carbocycles. The summed E-state index contributed by atoms with van der Waals surface area (Å²) in [7, 11) is -1.74. The SMILES string of the molecule is CC(C)(CO)COB(O)O.Nc1nc(N)nc(N)n1. The summed E-state index contributed by atoms with van der Waals surface area (Å²) in [5.74, 6) is 0.125. The summed E-state index contributed by atoms with van der Waals surface area (Å²) in [6, 6.07) is 0. The minimum Gasteiger partial charge on any atom is -0.402 e. The number of nitrogens with zero attached hydrogens (tertiary/aromatic N) is 3. The highest BCUT2D eigenvalue weighted by molar-refractivity contribution is 6.32. The van der Waals surface area contributed by atoms with Crippen molar-refractivity contribution in [2.24, 2.45) is 5.41 Å². The Morgan fingerprint density at radius 1 is 1.05 bits per heavy atom. The highest BCUT2D eigenvalue weighted by Crippen LogP contribution is 2.13. The first-order chi connectivity index (χ1) is 8.66. The van der Waals surface area contributed by atoms with E-state index in [2.05, 4.69) is 19.6 Å². The van der Waals surface area contributed by atoms with Gasteiger partial charge in [-0.15, -0.1) is 0 Å². The Labute approximate surface area is 110 Å². The Bertz CT molecular complexity index is 341. The first-order valence-electron chi connectivity index (χ1n) is 5.27. The predicted octanol–water partition coefficient (Wildman–Crippen LogP) is -2.39. The zero-order valence-electron chi connectivity index (χ0n) is 10.8. The number of anilines is 3. The van der Waals surface area contributed by atoms with Gasteiger partial charge in [-0.3, -0.25) is 0 Å². The second-order valence-electron chi connectivity index (χ2n) is 4.37. The number of hydrogen-bond donors (Lipinski definition) is 6. The summed E-state index contributed by atoms with van der Waals surface area (Å²) in [4.78, 5) is 10.5. The molecule has 0 fully saturated rings. The number of nitrogen functional groups attached to an aromatic ring is 3. The summed E-state index contributed by atoms with van der Waals surface area (Å²) in [5, 5.41) is 25.2. The van der Waals surface area contributed by atoms with Crippen molar-refractivity contribution in [3.05, 3.63) is 0 Å².